The van der Waals surface area contributed by atoms with Crippen LogP contribution in [0.25, 0.3) is 6.08 Å². The Kier molecular flexibility index (Phi) is 5.57. The number of nitrogens with one attached hydrogen (secondary N) is 1. The molecule has 1 amide bonds. The molecule has 1 aromatic carbocycles. The fraction of sp³-hybridized carbons (Fsp3) is 0.308. The van der Waals surface area contributed by atoms with Gasteiger partial charge in [0.15, 0.2) is 11.5 Å². The fourth-order valence-electron chi connectivity index (χ4n) is 1.37. The largest absolute Gasteiger partial charge is 0.493 e. The summed E-state index contributed by atoms with van der Waals surface area (Å²) in [7, 11) is 4.51. The van der Waals surface area contributed by atoms with Crippen molar-refractivity contribution in [1.29, 1.82) is 0 Å². The molecule has 0 unspecified atom stereocenters. The van der Waals surface area contributed by atoms with E-state index in [0.29, 0.717) is 18.0 Å². The second-order valence-corrected chi connectivity index (χ2v) is 3.39. The van der Waals surface area contributed by atoms with Gasteiger partial charge in [-0.25, -0.2) is 4.79 Å². The minimum Gasteiger partial charge on any atom is -0.493 e. The van der Waals surface area contributed by atoms with Gasteiger partial charge in [0.05, 0.1) is 21.3 Å². The molecule has 5 nitrogen and oxygen atoms in total. The van der Waals surface area contributed by atoms with Crippen molar-refractivity contribution in [3.05, 3.63) is 29.8 Å². The van der Waals surface area contributed by atoms with Crippen LogP contribution in [0.2, 0.25) is 0 Å². The van der Waals surface area contributed by atoms with Crippen LogP contribution in [0.3, 0.4) is 0 Å². The summed E-state index contributed by atoms with van der Waals surface area (Å²) in [6, 6.07) is 5.58. The zero-order valence-electron chi connectivity index (χ0n) is 10.7. The molecular formula is C13H17NO4. The molecule has 1 rings (SSSR count). The minimum atomic E-state index is -0.452. The highest BCUT2D eigenvalue weighted by atomic mass is 16.5. The number of hydrogen-bond donors (Lipinski definition) is 1. The average molecular weight is 251 g/mol. The van der Waals surface area contributed by atoms with Gasteiger partial charge in [-0.2, -0.15) is 0 Å². The Morgan fingerprint density at radius 1 is 1.22 bits per heavy atom. The normalized spacial score (nSPS) is 10.2. The standard InChI is InChI=1S/C13H17NO4/c1-16-11-7-6-10(9-12(11)17-2)5-4-8-14-13(15)18-3/h4-7,9H,8H2,1-3H3,(H,14,15)/b5-4+. The fourth-order valence-corrected chi connectivity index (χ4v) is 1.37. The van der Waals surface area contributed by atoms with Gasteiger partial charge in [0.1, 0.15) is 0 Å². The molecule has 0 aliphatic carbocycles. The van der Waals surface area contributed by atoms with E-state index in [1.54, 1.807) is 14.2 Å². The van der Waals surface area contributed by atoms with Crippen molar-refractivity contribution in [1.82, 2.24) is 5.32 Å². The van der Waals surface area contributed by atoms with E-state index >= 15 is 0 Å². The number of alkyl carbamates (subject to hydrolysis) is 1. The van der Waals surface area contributed by atoms with Crippen LogP contribution in [-0.2, 0) is 4.74 Å². The summed E-state index contributed by atoms with van der Waals surface area (Å²) >= 11 is 0. The van der Waals surface area contributed by atoms with E-state index in [1.807, 2.05) is 30.4 Å². The summed E-state index contributed by atoms with van der Waals surface area (Å²) in [6.07, 6.45) is 3.24. The molecule has 0 spiro atoms. The van der Waals surface area contributed by atoms with Crippen molar-refractivity contribution in [3.63, 3.8) is 0 Å². The predicted octanol–water partition coefficient (Wildman–Crippen LogP) is 2.07. The van der Waals surface area contributed by atoms with Crippen molar-refractivity contribution in [2.45, 2.75) is 0 Å². The van der Waals surface area contributed by atoms with Crippen LogP contribution in [0.1, 0.15) is 5.56 Å². The quantitative estimate of drug-likeness (QED) is 0.870. The van der Waals surface area contributed by atoms with E-state index in [9.17, 15) is 4.79 Å². The molecule has 0 atom stereocenters. The lowest BCUT2D eigenvalue weighted by Crippen LogP contribution is -2.22. The molecule has 0 saturated carbocycles. The lowest BCUT2D eigenvalue weighted by Gasteiger charge is -2.07. The van der Waals surface area contributed by atoms with Gasteiger partial charge in [-0.3, -0.25) is 0 Å². The van der Waals surface area contributed by atoms with Gasteiger partial charge in [0.25, 0.3) is 0 Å². The molecule has 0 bridgehead atoms. The Morgan fingerprint density at radius 3 is 2.56 bits per heavy atom. The van der Waals surface area contributed by atoms with E-state index in [-0.39, 0.29) is 0 Å². The van der Waals surface area contributed by atoms with Crippen LogP contribution in [0.4, 0.5) is 4.79 Å². The Labute approximate surface area is 106 Å². The minimum absolute atomic E-state index is 0.404. The van der Waals surface area contributed by atoms with Crippen LogP contribution >= 0.6 is 0 Å². The number of carbonyl (C=O) groups is 1. The summed E-state index contributed by atoms with van der Waals surface area (Å²) in [5, 5.41) is 2.55. The maximum atomic E-state index is 10.8. The third-order valence-corrected chi connectivity index (χ3v) is 2.27. The van der Waals surface area contributed by atoms with Crippen molar-refractivity contribution < 1.29 is 19.0 Å². The topological polar surface area (TPSA) is 56.8 Å². The van der Waals surface area contributed by atoms with Crippen LogP contribution < -0.4 is 14.8 Å². The number of hydrogen-bond acceptors (Lipinski definition) is 4. The zero-order chi connectivity index (χ0) is 13.4. The first kappa shape index (κ1) is 13.9. The van der Waals surface area contributed by atoms with Gasteiger partial charge < -0.3 is 19.5 Å². The second kappa shape index (κ2) is 7.21. The molecule has 0 radical (unpaired) electrons. The molecule has 1 aromatic rings. The van der Waals surface area contributed by atoms with Gasteiger partial charge in [-0.1, -0.05) is 18.2 Å². The zero-order valence-corrected chi connectivity index (χ0v) is 10.7. The Balaban J connectivity index is 2.62. The van der Waals surface area contributed by atoms with Gasteiger partial charge in [-0.15, -0.1) is 0 Å². The van der Waals surface area contributed by atoms with Crippen LogP contribution in [0.15, 0.2) is 24.3 Å². The van der Waals surface area contributed by atoms with Crippen LogP contribution in [0.5, 0.6) is 11.5 Å². The highest BCUT2D eigenvalue weighted by Crippen LogP contribution is 2.27. The molecule has 0 aromatic heterocycles. The summed E-state index contributed by atoms with van der Waals surface area (Å²) in [4.78, 5) is 10.8. The van der Waals surface area contributed by atoms with Crippen molar-refractivity contribution in [2.24, 2.45) is 0 Å². The molecule has 0 saturated heterocycles. The van der Waals surface area contributed by atoms with Crippen LogP contribution in [0, 0.1) is 0 Å². The highest BCUT2D eigenvalue weighted by Gasteiger charge is 2.02. The van der Waals surface area contributed by atoms with Crippen molar-refractivity contribution in [2.75, 3.05) is 27.9 Å². The summed E-state index contributed by atoms with van der Waals surface area (Å²) < 4.78 is 14.8. The first-order valence-electron chi connectivity index (χ1n) is 5.41. The third-order valence-electron chi connectivity index (χ3n) is 2.27. The van der Waals surface area contributed by atoms with E-state index in [2.05, 4.69) is 10.1 Å². The molecule has 0 heterocycles. The SMILES string of the molecule is COC(=O)NC/C=C/c1ccc(OC)c(OC)c1. The van der Waals surface area contributed by atoms with E-state index in [4.69, 9.17) is 9.47 Å². The van der Waals surface area contributed by atoms with E-state index in [0.717, 1.165) is 5.56 Å². The van der Waals surface area contributed by atoms with Gasteiger partial charge in [0.2, 0.25) is 0 Å². The molecule has 5 heteroatoms. The van der Waals surface area contributed by atoms with Gasteiger partial charge in [-0.05, 0) is 17.7 Å². The molecule has 0 aliphatic heterocycles. The number of amides is 1. The Morgan fingerprint density at radius 2 is 1.94 bits per heavy atom. The lowest BCUT2D eigenvalue weighted by atomic mass is 10.2. The van der Waals surface area contributed by atoms with Crippen molar-refractivity contribution in [3.8, 4) is 11.5 Å². The summed E-state index contributed by atoms with van der Waals surface area (Å²) in [6.45, 7) is 0.404. The second-order valence-electron chi connectivity index (χ2n) is 3.39. The summed E-state index contributed by atoms with van der Waals surface area (Å²) in [5.74, 6) is 1.35. The van der Waals surface area contributed by atoms with Crippen molar-refractivity contribution >= 4 is 12.2 Å². The molecule has 0 aliphatic rings. The molecule has 0 fully saturated rings. The monoisotopic (exact) mass is 251 g/mol. The smallest absolute Gasteiger partial charge is 0.407 e. The van der Waals surface area contributed by atoms with Gasteiger partial charge >= 0.3 is 6.09 Å². The number of carbonyl (C=O) groups excluding carboxylic acids is 1. The maximum absolute atomic E-state index is 10.8. The number of benzene rings is 1. The molecule has 18 heavy (non-hydrogen) atoms. The summed E-state index contributed by atoms with van der Waals surface area (Å²) in [5.41, 5.74) is 0.958. The van der Waals surface area contributed by atoms with Crippen LogP contribution in [-0.4, -0.2) is 34.0 Å². The third kappa shape index (κ3) is 4.01. The Hall–Kier alpha value is -2.17. The van der Waals surface area contributed by atoms with E-state index in [1.165, 1.54) is 7.11 Å². The molecular weight excluding hydrogens is 234 g/mol. The molecule has 1 N–H and O–H groups in total. The number of methoxy groups -OCH3 is 3. The predicted molar refractivity (Wildman–Crippen MR) is 69.0 cm³/mol. The number of ether oxygens (including phenoxy) is 3. The highest BCUT2D eigenvalue weighted by molar-refractivity contribution is 5.67. The number of rotatable bonds is 5. The lowest BCUT2D eigenvalue weighted by molar-refractivity contribution is 0.172. The average Bonchev–Trinajstić information content (AvgIpc) is 2.42. The first-order chi connectivity index (χ1) is 8.71. The van der Waals surface area contributed by atoms with Gasteiger partial charge in [0, 0.05) is 6.54 Å². The Bertz CT molecular complexity index is 429. The molecule has 98 valence electrons. The van der Waals surface area contributed by atoms with E-state index < -0.39 is 6.09 Å². The first-order valence-corrected chi connectivity index (χ1v) is 5.41. The maximum Gasteiger partial charge on any atom is 0.407 e.